The van der Waals surface area contributed by atoms with Crippen LogP contribution in [-0.2, 0) is 19.1 Å². The quantitative estimate of drug-likeness (QED) is 0.614. The van der Waals surface area contributed by atoms with Gasteiger partial charge >= 0.3 is 0 Å². The molecule has 3 rings (SSSR count). The molecule has 2 aliphatic rings. The fourth-order valence-corrected chi connectivity index (χ4v) is 3.52. The lowest BCUT2D eigenvalue weighted by Gasteiger charge is -2.38. The molecule has 6 nitrogen and oxygen atoms in total. The molecule has 0 radical (unpaired) electrons. The van der Waals surface area contributed by atoms with Crippen molar-refractivity contribution in [3.63, 3.8) is 0 Å². The van der Waals surface area contributed by atoms with Crippen molar-refractivity contribution in [2.24, 2.45) is 0 Å². The number of imide groups is 1. The van der Waals surface area contributed by atoms with Crippen LogP contribution < -0.4 is 0 Å². The number of rotatable bonds is 3. The van der Waals surface area contributed by atoms with Crippen LogP contribution in [0.3, 0.4) is 0 Å². The van der Waals surface area contributed by atoms with Crippen LogP contribution in [0.5, 0.6) is 0 Å². The number of likely N-dealkylation sites (tertiary alicyclic amines) is 1. The van der Waals surface area contributed by atoms with Gasteiger partial charge in [0.2, 0.25) is 5.91 Å². The zero-order chi connectivity index (χ0) is 16.2. The van der Waals surface area contributed by atoms with E-state index in [1.54, 1.807) is 22.3 Å². The van der Waals surface area contributed by atoms with Gasteiger partial charge in [-0.1, -0.05) is 6.07 Å². The second kappa shape index (κ2) is 7.06. The molecule has 2 aliphatic heterocycles. The lowest BCUT2D eigenvalue weighted by Crippen LogP contribution is -2.55. The third-order valence-corrected chi connectivity index (χ3v) is 4.90. The van der Waals surface area contributed by atoms with E-state index in [9.17, 15) is 14.4 Å². The van der Waals surface area contributed by atoms with Gasteiger partial charge in [0.1, 0.15) is 13.2 Å². The predicted molar refractivity (Wildman–Crippen MR) is 85.6 cm³/mol. The smallest absolute Gasteiger partial charge is 0.255 e. The van der Waals surface area contributed by atoms with Crippen molar-refractivity contribution in [1.82, 2.24) is 9.80 Å². The van der Waals surface area contributed by atoms with E-state index in [4.69, 9.17) is 4.74 Å². The highest BCUT2D eigenvalue weighted by atomic mass is 32.1. The average molecular weight is 334 g/mol. The van der Waals surface area contributed by atoms with Gasteiger partial charge in [-0.2, -0.15) is 0 Å². The lowest BCUT2D eigenvalue weighted by molar-refractivity contribution is -0.162. The highest BCUT2D eigenvalue weighted by molar-refractivity contribution is 7.10. The topological polar surface area (TPSA) is 66.9 Å². The first kappa shape index (κ1) is 15.9. The van der Waals surface area contributed by atoms with Gasteiger partial charge in [-0.05, 0) is 30.4 Å². The Labute approximate surface area is 138 Å². The third-order valence-electron chi connectivity index (χ3n) is 4.06. The molecule has 0 bridgehead atoms. The van der Waals surface area contributed by atoms with Crippen LogP contribution in [0.15, 0.2) is 23.6 Å². The van der Waals surface area contributed by atoms with Crippen molar-refractivity contribution in [3.05, 3.63) is 28.5 Å². The summed E-state index contributed by atoms with van der Waals surface area (Å²) < 4.78 is 4.93. The number of thiophene rings is 1. The van der Waals surface area contributed by atoms with E-state index in [0.717, 1.165) is 4.88 Å². The summed E-state index contributed by atoms with van der Waals surface area (Å²) in [6, 6.07) is 3.77. The van der Waals surface area contributed by atoms with Crippen LogP contribution in [0.2, 0.25) is 0 Å². The number of nitrogens with zero attached hydrogens (tertiary/aromatic N) is 2. The summed E-state index contributed by atoms with van der Waals surface area (Å²) in [6.07, 6.45) is 4.64. The molecular formula is C16H18N2O4S. The van der Waals surface area contributed by atoms with Gasteiger partial charge in [-0.15, -0.1) is 11.3 Å². The summed E-state index contributed by atoms with van der Waals surface area (Å²) in [4.78, 5) is 40.0. The molecule has 0 aromatic carbocycles. The third kappa shape index (κ3) is 3.68. The number of carbonyl (C=O) groups is 3. The highest BCUT2D eigenvalue weighted by Crippen LogP contribution is 2.19. The molecule has 2 saturated heterocycles. The Bertz CT molecular complexity index is 602. The predicted octanol–water partition coefficient (Wildman–Crippen LogP) is 1.14. The minimum atomic E-state index is -0.274. The van der Waals surface area contributed by atoms with Crippen molar-refractivity contribution in [2.75, 3.05) is 26.3 Å². The average Bonchev–Trinajstić information content (AvgIpc) is 3.06. The van der Waals surface area contributed by atoms with E-state index < -0.39 is 0 Å². The van der Waals surface area contributed by atoms with Crippen LogP contribution in [0, 0.1) is 0 Å². The van der Waals surface area contributed by atoms with Crippen LogP contribution in [0.25, 0.3) is 6.08 Å². The Kier molecular flexibility index (Phi) is 4.88. The van der Waals surface area contributed by atoms with Crippen molar-refractivity contribution >= 4 is 35.1 Å². The Balaban J connectivity index is 1.54. The zero-order valence-electron chi connectivity index (χ0n) is 12.6. The van der Waals surface area contributed by atoms with E-state index in [1.807, 2.05) is 23.6 Å². The number of hydrogen-bond acceptors (Lipinski definition) is 5. The molecule has 0 spiro atoms. The molecule has 0 aliphatic carbocycles. The van der Waals surface area contributed by atoms with Crippen molar-refractivity contribution in [2.45, 2.75) is 18.9 Å². The van der Waals surface area contributed by atoms with Gasteiger partial charge in [0.25, 0.3) is 11.8 Å². The molecule has 2 fully saturated rings. The molecule has 3 amide bonds. The van der Waals surface area contributed by atoms with Crippen molar-refractivity contribution in [1.29, 1.82) is 0 Å². The molecule has 0 unspecified atom stereocenters. The summed E-state index contributed by atoms with van der Waals surface area (Å²) >= 11 is 1.58. The van der Waals surface area contributed by atoms with Gasteiger partial charge < -0.3 is 9.64 Å². The first-order chi connectivity index (χ1) is 11.1. The second-order valence-electron chi connectivity index (χ2n) is 5.56. The summed E-state index contributed by atoms with van der Waals surface area (Å²) in [5.41, 5.74) is 0. The fourth-order valence-electron chi connectivity index (χ4n) is 2.90. The Morgan fingerprint density at radius 2 is 1.91 bits per heavy atom. The maximum Gasteiger partial charge on any atom is 0.255 e. The highest BCUT2D eigenvalue weighted by Gasteiger charge is 2.35. The standard InChI is InChI=1S/C16H18N2O4S/c19-14(4-3-13-2-1-9-23-13)17-7-5-12(6-8-17)18-15(20)10-22-11-16(18)21/h1-4,9,12H,5-8,10-11H2. The van der Waals surface area contributed by atoms with E-state index in [0.29, 0.717) is 25.9 Å². The normalized spacial score (nSPS) is 20.5. The first-order valence-corrected chi connectivity index (χ1v) is 8.46. The number of hydrogen-bond donors (Lipinski definition) is 0. The van der Waals surface area contributed by atoms with Gasteiger partial charge in [0, 0.05) is 30.1 Å². The molecule has 0 saturated carbocycles. The second-order valence-corrected chi connectivity index (χ2v) is 6.53. The summed E-state index contributed by atoms with van der Waals surface area (Å²) in [7, 11) is 0. The van der Waals surface area contributed by atoms with Crippen molar-refractivity contribution in [3.8, 4) is 0 Å². The number of amides is 3. The SMILES string of the molecule is O=C(C=Cc1cccs1)N1CCC(N2C(=O)COCC2=O)CC1. The van der Waals surface area contributed by atoms with Gasteiger partial charge in [0.05, 0.1) is 0 Å². The van der Waals surface area contributed by atoms with E-state index >= 15 is 0 Å². The van der Waals surface area contributed by atoms with Crippen LogP contribution in [0.4, 0.5) is 0 Å². The summed E-state index contributed by atoms with van der Waals surface area (Å²) in [5.74, 6) is -0.580. The molecule has 122 valence electrons. The van der Waals surface area contributed by atoms with Crippen molar-refractivity contribution < 1.29 is 19.1 Å². The molecule has 1 aromatic rings. The van der Waals surface area contributed by atoms with E-state index in [-0.39, 0.29) is 37.0 Å². The van der Waals surface area contributed by atoms with Gasteiger partial charge in [-0.25, -0.2) is 0 Å². The van der Waals surface area contributed by atoms with Crippen LogP contribution >= 0.6 is 11.3 Å². The first-order valence-electron chi connectivity index (χ1n) is 7.58. The van der Waals surface area contributed by atoms with Crippen LogP contribution in [0.1, 0.15) is 17.7 Å². The molecule has 1 aromatic heterocycles. The Morgan fingerprint density at radius 3 is 2.52 bits per heavy atom. The van der Waals surface area contributed by atoms with Gasteiger partial charge in [0.15, 0.2) is 0 Å². The molecule has 23 heavy (non-hydrogen) atoms. The Hall–Kier alpha value is -1.99. The minimum Gasteiger partial charge on any atom is -0.362 e. The van der Waals surface area contributed by atoms with E-state index in [2.05, 4.69) is 0 Å². The largest absolute Gasteiger partial charge is 0.362 e. The number of morpholine rings is 1. The number of piperidine rings is 1. The minimum absolute atomic E-state index is 0.0310. The number of ether oxygens (including phenoxy) is 1. The molecule has 7 heteroatoms. The fraction of sp³-hybridized carbons (Fsp3) is 0.438. The molecule has 0 atom stereocenters. The maximum atomic E-state index is 12.2. The molecular weight excluding hydrogens is 316 g/mol. The molecule has 3 heterocycles. The monoisotopic (exact) mass is 334 g/mol. The lowest BCUT2D eigenvalue weighted by atomic mass is 10.0. The van der Waals surface area contributed by atoms with Crippen LogP contribution in [-0.4, -0.2) is 59.9 Å². The summed E-state index contributed by atoms with van der Waals surface area (Å²) in [6.45, 7) is 1.04. The van der Waals surface area contributed by atoms with E-state index in [1.165, 1.54) is 4.90 Å². The number of carbonyl (C=O) groups excluding carboxylic acids is 3. The maximum absolute atomic E-state index is 12.2. The Morgan fingerprint density at radius 1 is 1.22 bits per heavy atom. The van der Waals surface area contributed by atoms with Gasteiger partial charge in [-0.3, -0.25) is 19.3 Å². The summed E-state index contributed by atoms with van der Waals surface area (Å²) in [5, 5.41) is 1.96. The zero-order valence-corrected chi connectivity index (χ0v) is 13.5. The molecule has 0 N–H and O–H groups in total.